The zero-order chi connectivity index (χ0) is 10.4. The van der Waals surface area contributed by atoms with E-state index < -0.39 is 0 Å². The van der Waals surface area contributed by atoms with E-state index in [0.717, 1.165) is 19.3 Å². The average molecular weight is 198 g/mol. The molecule has 0 amide bonds. The summed E-state index contributed by atoms with van der Waals surface area (Å²) >= 11 is 0. The molecule has 2 atom stereocenters. The fourth-order valence-corrected chi connectivity index (χ4v) is 2.01. The Hall–Kier alpha value is -0.530. The third kappa shape index (κ3) is 3.69. The second-order valence-electron chi connectivity index (χ2n) is 4.39. The zero-order valence-electron chi connectivity index (χ0n) is 9.42. The Labute approximate surface area is 87.0 Å². The lowest BCUT2D eigenvalue weighted by atomic mass is 9.95. The minimum atomic E-state index is 0.0100. The molecule has 1 heterocycles. The Bertz CT molecular complexity index is 177. The number of rotatable bonds is 4. The maximum atomic E-state index is 11.2. The molecule has 0 saturated carbocycles. The summed E-state index contributed by atoms with van der Waals surface area (Å²) in [6.45, 7) is 4.41. The summed E-state index contributed by atoms with van der Waals surface area (Å²) < 4.78 is 5.43. The Kier molecular flexibility index (Phi) is 4.99. The summed E-state index contributed by atoms with van der Waals surface area (Å²) in [7, 11) is 0. The maximum absolute atomic E-state index is 11.2. The Balaban J connectivity index is 2.36. The number of cyclic esters (lactones) is 1. The third-order valence-electron chi connectivity index (χ3n) is 3.05. The van der Waals surface area contributed by atoms with Crippen LogP contribution in [0.4, 0.5) is 0 Å². The minimum absolute atomic E-state index is 0.0100. The Morgan fingerprint density at radius 2 is 2.29 bits per heavy atom. The molecule has 0 spiro atoms. The fraction of sp³-hybridized carbons (Fsp3) is 0.917. The highest BCUT2D eigenvalue weighted by Gasteiger charge is 2.23. The normalized spacial score (nSPS) is 25.3. The first kappa shape index (κ1) is 11.5. The highest BCUT2D eigenvalue weighted by Crippen LogP contribution is 2.23. The van der Waals surface area contributed by atoms with E-state index in [9.17, 15) is 4.79 Å². The SMILES string of the molecule is CCCCC(C)C1CCCCC(=O)O1. The van der Waals surface area contributed by atoms with Crippen molar-refractivity contribution in [1.82, 2.24) is 0 Å². The van der Waals surface area contributed by atoms with Crippen molar-refractivity contribution >= 4 is 5.97 Å². The number of carbonyl (C=O) groups is 1. The monoisotopic (exact) mass is 198 g/mol. The van der Waals surface area contributed by atoms with Gasteiger partial charge in [0.2, 0.25) is 0 Å². The summed E-state index contributed by atoms with van der Waals surface area (Å²) in [4.78, 5) is 11.2. The van der Waals surface area contributed by atoms with E-state index in [1.165, 1.54) is 19.3 Å². The second-order valence-corrected chi connectivity index (χ2v) is 4.39. The molecule has 0 aromatic carbocycles. The van der Waals surface area contributed by atoms with Crippen LogP contribution in [0.15, 0.2) is 0 Å². The van der Waals surface area contributed by atoms with Gasteiger partial charge in [-0.05, 0) is 31.6 Å². The number of esters is 1. The number of ether oxygens (including phenoxy) is 1. The van der Waals surface area contributed by atoms with Crippen molar-refractivity contribution in [3.05, 3.63) is 0 Å². The molecule has 0 bridgehead atoms. The number of carbonyl (C=O) groups excluding carboxylic acids is 1. The molecule has 0 aliphatic carbocycles. The fourth-order valence-electron chi connectivity index (χ4n) is 2.01. The van der Waals surface area contributed by atoms with Crippen molar-refractivity contribution in [3.8, 4) is 0 Å². The van der Waals surface area contributed by atoms with E-state index >= 15 is 0 Å². The quantitative estimate of drug-likeness (QED) is 0.648. The van der Waals surface area contributed by atoms with Gasteiger partial charge in [0.25, 0.3) is 0 Å². The molecule has 1 fully saturated rings. The molecular weight excluding hydrogens is 176 g/mol. The van der Waals surface area contributed by atoms with Crippen molar-refractivity contribution in [3.63, 3.8) is 0 Å². The van der Waals surface area contributed by atoms with Crippen LogP contribution in [0, 0.1) is 5.92 Å². The van der Waals surface area contributed by atoms with E-state index in [0.29, 0.717) is 12.3 Å². The molecule has 1 aliphatic rings. The van der Waals surface area contributed by atoms with Gasteiger partial charge in [0, 0.05) is 6.42 Å². The molecule has 2 nitrogen and oxygen atoms in total. The molecule has 1 aliphatic heterocycles. The summed E-state index contributed by atoms with van der Waals surface area (Å²) in [5, 5.41) is 0. The lowest BCUT2D eigenvalue weighted by Crippen LogP contribution is -2.23. The number of hydrogen-bond acceptors (Lipinski definition) is 2. The molecule has 2 unspecified atom stereocenters. The molecule has 0 radical (unpaired) electrons. The highest BCUT2D eigenvalue weighted by atomic mass is 16.5. The lowest BCUT2D eigenvalue weighted by Gasteiger charge is -2.22. The van der Waals surface area contributed by atoms with Gasteiger partial charge in [-0.15, -0.1) is 0 Å². The molecule has 14 heavy (non-hydrogen) atoms. The molecule has 82 valence electrons. The summed E-state index contributed by atoms with van der Waals surface area (Å²) in [5.41, 5.74) is 0. The topological polar surface area (TPSA) is 26.3 Å². The van der Waals surface area contributed by atoms with Crippen LogP contribution in [-0.2, 0) is 9.53 Å². The first-order valence-electron chi connectivity index (χ1n) is 5.93. The predicted octanol–water partition coefficient (Wildman–Crippen LogP) is 3.30. The van der Waals surface area contributed by atoms with Gasteiger partial charge in [0.15, 0.2) is 0 Å². The highest BCUT2D eigenvalue weighted by molar-refractivity contribution is 5.69. The van der Waals surface area contributed by atoms with Crippen molar-refractivity contribution in [2.75, 3.05) is 0 Å². The van der Waals surface area contributed by atoms with E-state index in [2.05, 4.69) is 13.8 Å². The second kappa shape index (κ2) is 6.05. The van der Waals surface area contributed by atoms with E-state index in [1.54, 1.807) is 0 Å². The van der Waals surface area contributed by atoms with Crippen LogP contribution in [0.25, 0.3) is 0 Å². The zero-order valence-corrected chi connectivity index (χ0v) is 9.42. The third-order valence-corrected chi connectivity index (χ3v) is 3.05. The van der Waals surface area contributed by atoms with Gasteiger partial charge in [-0.25, -0.2) is 0 Å². The molecule has 1 rings (SSSR count). The average Bonchev–Trinajstić information content (AvgIpc) is 2.39. The van der Waals surface area contributed by atoms with Crippen molar-refractivity contribution in [2.24, 2.45) is 5.92 Å². The summed E-state index contributed by atoms with van der Waals surface area (Å²) in [6, 6.07) is 0. The van der Waals surface area contributed by atoms with Gasteiger partial charge in [-0.3, -0.25) is 4.79 Å². The molecule has 1 saturated heterocycles. The summed E-state index contributed by atoms with van der Waals surface area (Å²) in [5.74, 6) is 0.549. The van der Waals surface area contributed by atoms with Gasteiger partial charge in [0.1, 0.15) is 6.10 Å². The van der Waals surface area contributed by atoms with E-state index in [-0.39, 0.29) is 12.1 Å². The van der Waals surface area contributed by atoms with Crippen molar-refractivity contribution in [2.45, 2.75) is 64.9 Å². The predicted molar refractivity (Wildman–Crippen MR) is 57.0 cm³/mol. The van der Waals surface area contributed by atoms with Gasteiger partial charge >= 0.3 is 5.97 Å². The largest absolute Gasteiger partial charge is 0.462 e. The number of unbranched alkanes of at least 4 members (excludes halogenated alkanes) is 1. The van der Waals surface area contributed by atoms with Gasteiger partial charge in [-0.1, -0.05) is 26.7 Å². The Morgan fingerprint density at radius 1 is 1.50 bits per heavy atom. The van der Waals surface area contributed by atoms with Gasteiger partial charge < -0.3 is 4.74 Å². The van der Waals surface area contributed by atoms with Crippen LogP contribution < -0.4 is 0 Å². The maximum Gasteiger partial charge on any atom is 0.306 e. The first-order chi connectivity index (χ1) is 6.74. The smallest absolute Gasteiger partial charge is 0.306 e. The van der Waals surface area contributed by atoms with Crippen LogP contribution in [0.1, 0.15) is 58.8 Å². The number of hydrogen-bond donors (Lipinski definition) is 0. The van der Waals surface area contributed by atoms with Crippen LogP contribution in [-0.4, -0.2) is 12.1 Å². The van der Waals surface area contributed by atoms with Crippen molar-refractivity contribution in [1.29, 1.82) is 0 Å². The molecule has 0 aromatic rings. The standard InChI is InChI=1S/C12H22O2/c1-3-4-7-10(2)11-8-5-6-9-12(13)14-11/h10-11H,3-9H2,1-2H3. The molecule has 0 N–H and O–H groups in total. The van der Waals surface area contributed by atoms with Crippen molar-refractivity contribution < 1.29 is 9.53 Å². The molecular formula is C12H22O2. The van der Waals surface area contributed by atoms with E-state index in [1.807, 2.05) is 0 Å². The van der Waals surface area contributed by atoms with Crippen LogP contribution in [0.2, 0.25) is 0 Å². The van der Waals surface area contributed by atoms with Crippen LogP contribution in [0.3, 0.4) is 0 Å². The van der Waals surface area contributed by atoms with Gasteiger partial charge in [-0.2, -0.15) is 0 Å². The van der Waals surface area contributed by atoms with Crippen LogP contribution in [0.5, 0.6) is 0 Å². The first-order valence-corrected chi connectivity index (χ1v) is 5.93. The van der Waals surface area contributed by atoms with Crippen LogP contribution >= 0.6 is 0 Å². The van der Waals surface area contributed by atoms with Gasteiger partial charge in [0.05, 0.1) is 0 Å². The Morgan fingerprint density at radius 3 is 3.00 bits per heavy atom. The lowest BCUT2D eigenvalue weighted by molar-refractivity contribution is -0.150. The van der Waals surface area contributed by atoms with E-state index in [4.69, 9.17) is 4.74 Å². The molecule has 0 aromatic heterocycles. The summed E-state index contributed by atoms with van der Waals surface area (Å²) in [6.07, 6.45) is 7.70. The molecule has 2 heteroatoms. The minimum Gasteiger partial charge on any atom is -0.462 e.